The number of fused-ring (bicyclic) bond motifs is 1. The Morgan fingerprint density at radius 2 is 1.76 bits per heavy atom. The van der Waals surface area contributed by atoms with Crippen molar-refractivity contribution in [2.45, 2.75) is 24.5 Å². The highest BCUT2D eigenvalue weighted by Gasteiger charge is 2.21. The van der Waals surface area contributed by atoms with Crippen LogP contribution in [0.1, 0.15) is 28.6 Å². The first-order valence-corrected chi connectivity index (χ1v) is 9.80. The molecule has 130 valence electrons. The molecule has 2 aromatic carbocycles. The molecular weight excluding hydrogens is 383 g/mol. The second-order valence-electron chi connectivity index (χ2n) is 5.76. The summed E-state index contributed by atoms with van der Waals surface area (Å²) >= 11 is 12.0. The zero-order valence-corrected chi connectivity index (χ0v) is 15.8. The van der Waals surface area contributed by atoms with Gasteiger partial charge in [-0.2, -0.15) is 0 Å². The number of carbonyl (C=O) groups excluding carboxylic acids is 1. The predicted octanol–water partition coefficient (Wildman–Crippen LogP) is 5.22. The molecule has 0 atom stereocenters. The molecule has 4 nitrogen and oxygen atoms in total. The van der Waals surface area contributed by atoms with E-state index in [1.54, 1.807) is 19.1 Å². The van der Waals surface area contributed by atoms with E-state index in [2.05, 4.69) is 0 Å². The fourth-order valence-corrected chi connectivity index (χ4v) is 4.53. The average molecular weight is 397 g/mol. The fourth-order valence-electron chi connectivity index (χ4n) is 2.80. The molecule has 3 aromatic rings. The predicted molar refractivity (Wildman–Crippen MR) is 98.3 cm³/mol. The normalized spacial score (nSPS) is 11.8. The monoisotopic (exact) mass is 396 g/mol. The van der Waals surface area contributed by atoms with Crippen LogP contribution < -0.4 is 0 Å². The summed E-state index contributed by atoms with van der Waals surface area (Å²) in [7, 11) is -3.57. The number of rotatable bonds is 4. The second kappa shape index (κ2) is 6.48. The number of benzene rings is 2. The first-order chi connectivity index (χ1) is 11.7. The highest BCUT2D eigenvalue weighted by atomic mass is 35.5. The van der Waals surface area contributed by atoms with Crippen molar-refractivity contribution in [1.29, 1.82) is 0 Å². The van der Waals surface area contributed by atoms with Crippen LogP contribution in [0.15, 0.2) is 45.7 Å². The van der Waals surface area contributed by atoms with Gasteiger partial charge in [-0.3, -0.25) is 4.79 Å². The third-order valence-electron chi connectivity index (χ3n) is 3.86. The lowest BCUT2D eigenvalue weighted by molar-refractivity contribution is 0.101. The fraction of sp³-hybridized carbons (Fsp3) is 0.167. The molecule has 0 aliphatic carbocycles. The van der Waals surface area contributed by atoms with Crippen LogP contribution in [0.3, 0.4) is 0 Å². The molecule has 7 heteroatoms. The number of Topliss-reactive ketones (excluding diaryl/α,β-unsaturated/α-hetero) is 1. The summed E-state index contributed by atoms with van der Waals surface area (Å²) in [6.45, 7) is 3.11. The van der Waals surface area contributed by atoms with Crippen LogP contribution in [-0.4, -0.2) is 14.2 Å². The molecule has 25 heavy (non-hydrogen) atoms. The molecule has 0 N–H and O–H groups in total. The second-order valence-corrected chi connectivity index (χ2v) is 8.59. The summed E-state index contributed by atoms with van der Waals surface area (Å²) < 4.78 is 30.8. The Labute approximate surface area is 155 Å². The van der Waals surface area contributed by atoms with Crippen LogP contribution in [0, 0.1) is 6.92 Å². The van der Waals surface area contributed by atoms with E-state index in [0.29, 0.717) is 32.9 Å². The molecule has 0 spiro atoms. The molecule has 0 saturated heterocycles. The summed E-state index contributed by atoms with van der Waals surface area (Å²) in [4.78, 5) is 12.0. The number of hydrogen-bond acceptors (Lipinski definition) is 4. The Balaban J connectivity index is 2.09. The smallest absolute Gasteiger partial charge is 0.182 e. The zero-order valence-electron chi connectivity index (χ0n) is 13.5. The molecule has 0 fully saturated rings. The molecule has 0 aliphatic rings. The minimum Gasteiger partial charge on any atom is -0.459 e. The Bertz CT molecular complexity index is 1080. The van der Waals surface area contributed by atoms with Crippen molar-refractivity contribution in [3.63, 3.8) is 0 Å². The van der Waals surface area contributed by atoms with E-state index in [9.17, 15) is 13.2 Å². The van der Waals surface area contributed by atoms with Gasteiger partial charge >= 0.3 is 0 Å². The van der Waals surface area contributed by atoms with Gasteiger partial charge in [0, 0.05) is 10.4 Å². The summed E-state index contributed by atoms with van der Waals surface area (Å²) in [5.74, 6) is 0.0541. The van der Waals surface area contributed by atoms with Gasteiger partial charge in [0.05, 0.1) is 21.2 Å². The van der Waals surface area contributed by atoms with Crippen LogP contribution >= 0.6 is 23.2 Å². The van der Waals surface area contributed by atoms with Crippen molar-refractivity contribution in [1.82, 2.24) is 0 Å². The summed E-state index contributed by atoms with van der Waals surface area (Å²) in [6, 6.07) is 9.16. The lowest BCUT2D eigenvalue weighted by atomic mass is 10.1. The lowest BCUT2D eigenvalue weighted by Crippen LogP contribution is -2.05. The lowest BCUT2D eigenvalue weighted by Gasteiger charge is -2.06. The zero-order chi connectivity index (χ0) is 18.4. The molecule has 0 unspecified atom stereocenters. The van der Waals surface area contributed by atoms with Crippen molar-refractivity contribution in [3.8, 4) is 0 Å². The molecule has 0 aliphatic heterocycles. The number of carbonyl (C=O) groups is 1. The molecule has 0 bridgehead atoms. The summed E-state index contributed by atoms with van der Waals surface area (Å²) in [5, 5.41) is 1.26. The van der Waals surface area contributed by atoms with Crippen molar-refractivity contribution >= 4 is 49.8 Å². The molecule has 0 amide bonds. The van der Waals surface area contributed by atoms with E-state index < -0.39 is 9.84 Å². The van der Waals surface area contributed by atoms with E-state index in [1.165, 1.54) is 31.2 Å². The minimum absolute atomic E-state index is 0.162. The molecule has 0 saturated carbocycles. The van der Waals surface area contributed by atoms with Crippen LogP contribution in [-0.2, 0) is 15.6 Å². The Morgan fingerprint density at radius 1 is 1.12 bits per heavy atom. The van der Waals surface area contributed by atoms with Gasteiger partial charge in [0.15, 0.2) is 21.2 Å². The van der Waals surface area contributed by atoms with Crippen molar-refractivity contribution in [3.05, 3.63) is 63.3 Å². The van der Waals surface area contributed by atoms with Gasteiger partial charge in [0.25, 0.3) is 0 Å². The number of hydrogen-bond donors (Lipinski definition) is 0. The Morgan fingerprint density at radius 3 is 2.36 bits per heavy atom. The van der Waals surface area contributed by atoms with E-state index in [4.69, 9.17) is 27.6 Å². The Kier molecular flexibility index (Phi) is 4.66. The van der Waals surface area contributed by atoms with Gasteiger partial charge in [-0.15, -0.1) is 0 Å². The highest BCUT2D eigenvalue weighted by molar-refractivity contribution is 7.90. The van der Waals surface area contributed by atoms with Gasteiger partial charge in [0.1, 0.15) is 5.76 Å². The van der Waals surface area contributed by atoms with Gasteiger partial charge in [-0.25, -0.2) is 8.42 Å². The maximum atomic E-state index is 12.6. The van der Waals surface area contributed by atoms with Crippen molar-refractivity contribution < 1.29 is 17.6 Å². The van der Waals surface area contributed by atoms with Gasteiger partial charge in [0.2, 0.25) is 0 Å². The number of halogens is 2. The SMILES string of the molecule is CC(=O)c1c(C)oc2c(Cl)cc(CS(=O)(=O)c3ccc(Cl)cc3)cc12. The summed E-state index contributed by atoms with van der Waals surface area (Å²) in [6.07, 6.45) is 0. The first kappa shape index (κ1) is 18.0. The first-order valence-electron chi connectivity index (χ1n) is 7.40. The van der Waals surface area contributed by atoms with E-state index in [-0.39, 0.29) is 21.5 Å². The van der Waals surface area contributed by atoms with Crippen LogP contribution in [0.5, 0.6) is 0 Å². The van der Waals surface area contributed by atoms with E-state index in [1.807, 2.05) is 0 Å². The van der Waals surface area contributed by atoms with Gasteiger partial charge < -0.3 is 4.42 Å². The van der Waals surface area contributed by atoms with E-state index >= 15 is 0 Å². The maximum Gasteiger partial charge on any atom is 0.182 e. The molecular formula is C18H14Cl2O4S. The van der Waals surface area contributed by atoms with Crippen molar-refractivity contribution in [2.75, 3.05) is 0 Å². The maximum absolute atomic E-state index is 12.6. The minimum atomic E-state index is -3.57. The molecule has 1 aromatic heterocycles. The van der Waals surface area contributed by atoms with Crippen molar-refractivity contribution in [2.24, 2.45) is 0 Å². The van der Waals surface area contributed by atoms with E-state index in [0.717, 1.165) is 0 Å². The van der Waals surface area contributed by atoms with Crippen LogP contribution in [0.25, 0.3) is 11.0 Å². The van der Waals surface area contributed by atoms with Gasteiger partial charge in [-0.1, -0.05) is 23.2 Å². The quantitative estimate of drug-likeness (QED) is 0.566. The number of furan rings is 1. The molecule has 0 radical (unpaired) electrons. The number of sulfone groups is 1. The van der Waals surface area contributed by atoms with Crippen LogP contribution in [0.2, 0.25) is 10.0 Å². The average Bonchev–Trinajstić information content (AvgIpc) is 2.84. The molecule has 3 rings (SSSR count). The highest BCUT2D eigenvalue weighted by Crippen LogP contribution is 2.33. The third-order valence-corrected chi connectivity index (χ3v) is 6.10. The Hall–Kier alpha value is -1.82. The van der Waals surface area contributed by atoms with Gasteiger partial charge in [-0.05, 0) is 55.8 Å². The number of ketones is 1. The largest absolute Gasteiger partial charge is 0.459 e. The molecule has 1 heterocycles. The topological polar surface area (TPSA) is 64.3 Å². The third kappa shape index (κ3) is 3.45. The summed E-state index contributed by atoms with van der Waals surface area (Å²) in [5.41, 5.74) is 1.29. The van der Waals surface area contributed by atoms with Crippen LogP contribution in [0.4, 0.5) is 0 Å². The standard InChI is InChI=1S/C18H14Cl2O4S/c1-10(21)17-11(2)24-18-15(17)7-12(8-16(18)20)9-25(22,23)14-5-3-13(19)4-6-14/h3-8H,9H2,1-2H3. The number of aryl methyl sites for hydroxylation is 1.